The highest BCUT2D eigenvalue weighted by Crippen LogP contribution is 2.39. The summed E-state index contributed by atoms with van der Waals surface area (Å²) in [5.41, 5.74) is 7.63. The summed E-state index contributed by atoms with van der Waals surface area (Å²) in [6.07, 6.45) is 0. The van der Waals surface area contributed by atoms with Crippen LogP contribution in [0.15, 0.2) is 146 Å². The molecule has 4 heteroatoms. The number of fused-ring (bicyclic) bond motifs is 3. The smallest absolute Gasteiger partial charge is 0.101 e. The molecule has 2 heterocycles. The van der Waals surface area contributed by atoms with Crippen molar-refractivity contribution in [3.05, 3.63) is 146 Å². The third kappa shape index (κ3) is 4.09. The van der Waals surface area contributed by atoms with Crippen LogP contribution >= 0.6 is 0 Å². The highest BCUT2D eigenvalue weighted by molar-refractivity contribution is 6.14. The summed E-state index contributed by atoms with van der Waals surface area (Å²) in [6, 6.07) is 50.1. The van der Waals surface area contributed by atoms with Crippen molar-refractivity contribution in [1.29, 1.82) is 0 Å². The minimum atomic E-state index is 0.869. The molecular formula is C38H24N4. The van der Waals surface area contributed by atoms with Crippen LogP contribution in [0.3, 0.4) is 0 Å². The predicted octanol–water partition coefficient (Wildman–Crippen LogP) is 9.39. The summed E-state index contributed by atoms with van der Waals surface area (Å²) < 4.78 is 0. The maximum atomic E-state index is 4.77. The Hall–Kier alpha value is -5.74. The van der Waals surface area contributed by atoms with Crippen molar-refractivity contribution in [1.82, 2.24) is 20.4 Å². The van der Waals surface area contributed by atoms with Gasteiger partial charge in [-0.3, -0.25) is 0 Å². The lowest BCUT2D eigenvalue weighted by atomic mass is 9.93. The molecule has 6 aromatic carbocycles. The predicted molar refractivity (Wildman–Crippen MR) is 172 cm³/mol. The largest absolute Gasteiger partial charge is 0.149 e. The van der Waals surface area contributed by atoms with Gasteiger partial charge in [0.1, 0.15) is 22.8 Å². The first-order chi connectivity index (χ1) is 20.8. The van der Waals surface area contributed by atoms with Gasteiger partial charge in [0.15, 0.2) is 0 Å². The van der Waals surface area contributed by atoms with E-state index in [1.165, 1.54) is 0 Å². The van der Waals surface area contributed by atoms with Crippen molar-refractivity contribution in [2.45, 2.75) is 0 Å². The van der Waals surface area contributed by atoms with Crippen molar-refractivity contribution in [2.75, 3.05) is 0 Å². The number of hydrogen-bond acceptors (Lipinski definition) is 4. The van der Waals surface area contributed by atoms with E-state index in [0.717, 1.165) is 77.3 Å². The molecule has 0 saturated heterocycles. The molecule has 0 radical (unpaired) electrons. The fraction of sp³-hybridized carbons (Fsp3) is 0. The molecule has 4 nitrogen and oxygen atoms in total. The number of hydrogen-bond donors (Lipinski definition) is 0. The first-order valence-corrected chi connectivity index (χ1v) is 14.0. The standard InChI is InChI=1S/C38H24N4/c1-5-13-25(14-6-1)35-31-21-29-23-33-34(24-30(29)22-32(31)36(40-39-35)26-15-7-2-8-16-26)38(28-19-11-4-12-20-28)42-41-37(33)27-17-9-3-10-18-27/h1-24H. The quantitative estimate of drug-likeness (QED) is 0.210. The molecule has 0 aliphatic carbocycles. The third-order valence-electron chi connectivity index (χ3n) is 7.82. The summed E-state index contributed by atoms with van der Waals surface area (Å²) in [6.45, 7) is 0. The van der Waals surface area contributed by atoms with Gasteiger partial charge in [0, 0.05) is 43.8 Å². The molecule has 0 unspecified atom stereocenters. The SMILES string of the molecule is c1ccc(-c2nnc(-c3ccccc3)c3cc4cc5c(-c6ccccc6)nnc(-c6ccccc6)c5cc4cc23)cc1. The van der Waals surface area contributed by atoms with Crippen LogP contribution < -0.4 is 0 Å². The first kappa shape index (κ1) is 24.1. The van der Waals surface area contributed by atoms with Crippen molar-refractivity contribution in [3.63, 3.8) is 0 Å². The Morgan fingerprint density at radius 2 is 0.476 bits per heavy atom. The van der Waals surface area contributed by atoms with E-state index in [1.54, 1.807) is 0 Å². The minimum Gasteiger partial charge on any atom is -0.149 e. The second-order valence-corrected chi connectivity index (χ2v) is 10.4. The molecule has 2 aromatic heterocycles. The van der Waals surface area contributed by atoms with E-state index in [9.17, 15) is 0 Å². The Morgan fingerprint density at radius 1 is 0.262 bits per heavy atom. The average molecular weight is 537 g/mol. The molecule has 8 rings (SSSR count). The fourth-order valence-electron chi connectivity index (χ4n) is 5.79. The zero-order valence-corrected chi connectivity index (χ0v) is 22.6. The first-order valence-electron chi connectivity index (χ1n) is 14.0. The molecule has 0 N–H and O–H groups in total. The van der Waals surface area contributed by atoms with Crippen LogP contribution in [0.4, 0.5) is 0 Å². The summed E-state index contributed by atoms with van der Waals surface area (Å²) in [5, 5.41) is 25.6. The number of aromatic nitrogens is 4. The van der Waals surface area contributed by atoms with Gasteiger partial charge in [0.25, 0.3) is 0 Å². The highest BCUT2D eigenvalue weighted by Gasteiger charge is 2.17. The van der Waals surface area contributed by atoms with Crippen LogP contribution in [-0.2, 0) is 0 Å². The maximum absolute atomic E-state index is 4.77. The molecule has 0 amide bonds. The van der Waals surface area contributed by atoms with Gasteiger partial charge < -0.3 is 0 Å². The maximum Gasteiger partial charge on any atom is 0.101 e. The van der Waals surface area contributed by atoms with Crippen LogP contribution in [0.1, 0.15) is 0 Å². The van der Waals surface area contributed by atoms with Crippen LogP contribution in [0, 0.1) is 0 Å². The fourth-order valence-corrected chi connectivity index (χ4v) is 5.79. The van der Waals surface area contributed by atoms with Crippen molar-refractivity contribution in [2.24, 2.45) is 0 Å². The van der Waals surface area contributed by atoms with Crippen LogP contribution in [-0.4, -0.2) is 20.4 Å². The molecular weight excluding hydrogens is 512 g/mol. The molecule has 0 spiro atoms. The number of benzene rings is 6. The lowest BCUT2D eigenvalue weighted by Gasteiger charge is -2.14. The molecule has 0 saturated carbocycles. The Balaban J connectivity index is 1.48. The van der Waals surface area contributed by atoms with Gasteiger partial charge in [0.05, 0.1) is 0 Å². The molecule has 8 aromatic rings. The minimum absolute atomic E-state index is 0.869. The van der Waals surface area contributed by atoms with Gasteiger partial charge in [-0.25, -0.2) is 0 Å². The van der Waals surface area contributed by atoms with Gasteiger partial charge >= 0.3 is 0 Å². The van der Waals surface area contributed by atoms with E-state index in [2.05, 4.69) is 72.8 Å². The van der Waals surface area contributed by atoms with Gasteiger partial charge in [0.2, 0.25) is 0 Å². The number of rotatable bonds is 4. The summed E-state index contributed by atoms with van der Waals surface area (Å²) in [5.74, 6) is 0. The van der Waals surface area contributed by atoms with Gasteiger partial charge in [-0.1, -0.05) is 121 Å². The molecule has 196 valence electrons. The van der Waals surface area contributed by atoms with E-state index < -0.39 is 0 Å². The topological polar surface area (TPSA) is 51.6 Å². The Labute approximate surface area is 243 Å². The zero-order valence-electron chi connectivity index (χ0n) is 22.6. The van der Waals surface area contributed by atoms with Crippen molar-refractivity contribution < 1.29 is 0 Å². The molecule has 42 heavy (non-hydrogen) atoms. The Kier molecular flexibility index (Phi) is 5.75. The van der Waals surface area contributed by atoms with E-state index in [1.807, 2.05) is 72.8 Å². The monoisotopic (exact) mass is 536 g/mol. The highest BCUT2D eigenvalue weighted by atomic mass is 15.1. The van der Waals surface area contributed by atoms with Gasteiger partial charge in [-0.05, 0) is 35.0 Å². The second kappa shape index (κ2) is 10.0. The van der Waals surface area contributed by atoms with E-state index >= 15 is 0 Å². The molecule has 0 aliphatic rings. The van der Waals surface area contributed by atoms with Crippen molar-refractivity contribution in [3.8, 4) is 45.0 Å². The molecule has 0 aliphatic heterocycles. The summed E-state index contributed by atoms with van der Waals surface area (Å²) in [7, 11) is 0. The summed E-state index contributed by atoms with van der Waals surface area (Å²) in [4.78, 5) is 0. The normalized spacial score (nSPS) is 11.3. The van der Waals surface area contributed by atoms with Crippen molar-refractivity contribution >= 4 is 32.3 Å². The lowest BCUT2D eigenvalue weighted by Crippen LogP contribution is -1.97. The van der Waals surface area contributed by atoms with E-state index in [0.29, 0.717) is 0 Å². The Morgan fingerprint density at radius 3 is 0.690 bits per heavy atom. The lowest BCUT2D eigenvalue weighted by molar-refractivity contribution is 1.06. The van der Waals surface area contributed by atoms with Crippen LogP contribution in [0.2, 0.25) is 0 Å². The Bertz CT molecular complexity index is 1900. The van der Waals surface area contributed by atoms with E-state index in [-0.39, 0.29) is 0 Å². The molecule has 0 fully saturated rings. The van der Waals surface area contributed by atoms with Crippen LogP contribution in [0.5, 0.6) is 0 Å². The van der Waals surface area contributed by atoms with E-state index in [4.69, 9.17) is 20.4 Å². The number of nitrogens with zero attached hydrogens (tertiary/aromatic N) is 4. The van der Waals surface area contributed by atoms with Gasteiger partial charge in [-0.2, -0.15) is 0 Å². The second-order valence-electron chi connectivity index (χ2n) is 10.4. The van der Waals surface area contributed by atoms with Gasteiger partial charge in [-0.15, -0.1) is 20.4 Å². The summed E-state index contributed by atoms with van der Waals surface area (Å²) >= 11 is 0. The molecule has 0 atom stereocenters. The molecule has 0 bridgehead atoms. The average Bonchev–Trinajstić information content (AvgIpc) is 3.07. The van der Waals surface area contributed by atoms with Crippen LogP contribution in [0.25, 0.3) is 77.3 Å². The third-order valence-corrected chi connectivity index (χ3v) is 7.82. The zero-order chi connectivity index (χ0) is 27.9.